The highest BCUT2D eigenvalue weighted by molar-refractivity contribution is 6.07. The maximum Gasteiger partial charge on any atom is 0.289 e. The topological polar surface area (TPSA) is 57.8 Å². The number of hydrogen-bond donors (Lipinski definition) is 1. The summed E-state index contributed by atoms with van der Waals surface area (Å²) in [6, 6.07) is 9.94. The van der Waals surface area contributed by atoms with Crippen molar-refractivity contribution in [3.05, 3.63) is 53.0 Å². The van der Waals surface area contributed by atoms with Crippen molar-refractivity contribution in [2.24, 2.45) is 16.4 Å². The van der Waals surface area contributed by atoms with Crippen LogP contribution in [0.3, 0.4) is 0 Å². The molecule has 1 aliphatic heterocycles. The Morgan fingerprint density at radius 2 is 1.86 bits per heavy atom. The first-order chi connectivity index (χ1) is 13.8. The summed E-state index contributed by atoms with van der Waals surface area (Å²) < 4.78 is 6.20. The number of para-hydroxylation sites is 1. The van der Waals surface area contributed by atoms with Crippen LogP contribution in [-0.2, 0) is 6.42 Å². The van der Waals surface area contributed by atoms with Crippen molar-refractivity contribution in [1.29, 1.82) is 0 Å². The van der Waals surface area contributed by atoms with Gasteiger partial charge >= 0.3 is 0 Å². The van der Waals surface area contributed by atoms with Crippen LogP contribution in [0, 0.1) is 18.3 Å². The average molecular weight is 394 g/mol. The Kier molecular flexibility index (Phi) is 5.24. The maximum absolute atomic E-state index is 13.2. The highest BCUT2D eigenvalue weighted by atomic mass is 16.4. The van der Waals surface area contributed by atoms with E-state index < -0.39 is 0 Å². The maximum atomic E-state index is 13.2. The second-order valence-electron chi connectivity index (χ2n) is 9.38. The molecule has 1 aromatic carbocycles. The molecule has 1 aromatic heterocycles. The van der Waals surface area contributed by atoms with Gasteiger partial charge in [0.25, 0.3) is 5.91 Å². The fourth-order valence-electron chi connectivity index (χ4n) is 4.41. The summed E-state index contributed by atoms with van der Waals surface area (Å²) in [5.74, 6) is 2.10. The van der Waals surface area contributed by atoms with Gasteiger partial charge in [0, 0.05) is 30.6 Å². The molecule has 0 bridgehead atoms. The fraction of sp³-hybridized carbons (Fsp3) is 0.500. The van der Waals surface area contributed by atoms with Crippen molar-refractivity contribution in [3.63, 3.8) is 0 Å². The Morgan fingerprint density at radius 3 is 2.55 bits per heavy atom. The van der Waals surface area contributed by atoms with Crippen molar-refractivity contribution in [2.45, 2.75) is 53.4 Å². The molecule has 2 aromatic rings. The minimum Gasteiger partial charge on any atom is -0.455 e. The SMILES string of the molecule is Cc1c(C(=O)N2CCC(C)CC2)oc2c1/C(=N\Nc1ccccc1)CC(C)(C)C2. The number of anilines is 1. The lowest BCUT2D eigenvalue weighted by Crippen LogP contribution is -2.38. The smallest absolute Gasteiger partial charge is 0.289 e. The van der Waals surface area contributed by atoms with Crippen LogP contribution in [0.1, 0.15) is 67.5 Å². The number of rotatable bonds is 3. The summed E-state index contributed by atoms with van der Waals surface area (Å²) in [5, 5.41) is 4.73. The third-order valence-electron chi connectivity index (χ3n) is 6.15. The van der Waals surface area contributed by atoms with Gasteiger partial charge < -0.3 is 9.32 Å². The molecular weight excluding hydrogens is 362 g/mol. The molecule has 0 atom stereocenters. The molecule has 1 fully saturated rings. The monoisotopic (exact) mass is 393 g/mol. The lowest BCUT2D eigenvalue weighted by Gasteiger charge is -2.29. The van der Waals surface area contributed by atoms with Crippen molar-refractivity contribution < 1.29 is 9.21 Å². The quantitative estimate of drug-likeness (QED) is 0.725. The van der Waals surface area contributed by atoms with Crippen molar-refractivity contribution in [1.82, 2.24) is 4.90 Å². The first-order valence-electron chi connectivity index (χ1n) is 10.6. The third-order valence-corrected chi connectivity index (χ3v) is 6.15. The molecule has 1 amide bonds. The van der Waals surface area contributed by atoms with Gasteiger partial charge in [-0.15, -0.1) is 0 Å². The first-order valence-corrected chi connectivity index (χ1v) is 10.6. The number of amides is 1. The van der Waals surface area contributed by atoms with Crippen LogP contribution in [0.15, 0.2) is 39.9 Å². The van der Waals surface area contributed by atoms with Crippen LogP contribution >= 0.6 is 0 Å². The molecule has 1 aliphatic carbocycles. The predicted molar refractivity (Wildman–Crippen MR) is 116 cm³/mol. The van der Waals surface area contributed by atoms with Gasteiger partial charge in [0.05, 0.1) is 11.4 Å². The molecule has 1 saturated heterocycles. The Morgan fingerprint density at radius 1 is 1.17 bits per heavy atom. The Bertz CT molecular complexity index is 919. The third kappa shape index (κ3) is 4.09. The summed E-state index contributed by atoms with van der Waals surface area (Å²) >= 11 is 0. The molecule has 0 unspecified atom stereocenters. The minimum absolute atomic E-state index is 0.0250. The van der Waals surface area contributed by atoms with Gasteiger partial charge in [0.2, 0.25) is 0 Å². The second-order valence-corrected chi connectivity index (χ2v) is 9.38. The lowest BCUT2D eigenvalue weighted by molar-refractivity contribution is 0.0661. The number of nitrogens with zero attached hydrogens (tertiary/aromatic N) is 2. The van der Waals surface area contributed by atoms with Crippen LogP contribution in [0.4, 0.5) is 5.69 Å². The highest BCUT2D eigenvalue weighted by Crippen LogP contribution is 2.39. The van der Waals surface area contributed by atoms with E-state index in [1.807, 2.05) is 42.2 Å². The molecule has 2 aliphatic rings. The molecule has 0 radical (unpaired) electrons. The molecule has 1 N–H and O–H groups in total. The minimum atomic E-state index is 0.0250. The van der Waals surface area contributed by atoms with Crippen LogP contribution in [0.5, 0.6) is 0 Å². The van der Waals surface area contributed by atoms with Crippen LogP contribution < -0.4 is 5.43 Å². The second kappa shape index (κ2) is 7.69. The molecule has 0 saturated carbocycles. The number of hydrazone groups is 1. The normalized spacial score (nSPS) is 20.6. The summed E-state index contributed by atoms with van der Waals surface area (Å²) in [7, 11) is 0. The van der Waals surface area contributed by atoms with E-state index in [0.717, 1.165) is 67.1 Å². The zero-order chi connectivity index (χ0) is 20.6. The highest BCUT2D eigenvalue weighted by Gasteiger charge is 2.37. The number of fused-ring (bicyclic) bond motifs is 1. The van der Waals surface area contributed by atoms with Gasteiger partial charge in [-0.2, -0.15) is 5.10 Å². The van der Waals surface area contributed by atoms with Crippen molar-refractivity contribution in [3.8, 4) is 0 Å². The Hall–Kier alpha value is -2.56. The van der Waals surface area contributed by atoms with Gasteiger partial charge in [-0.3, -0.25) is 10.2 Å². The van der Waals surface area contributed by atoms with E-state index in [4.69, 9.17) is 9.52 Å². The number of hydrogen-bond acceptors (Lipinski definition) is 4. The van der Waals surface area contributed by atoms with E-state index in [-0.39, 0.29) is 11.3 Å². The summed E-state index contributed by atoms with van der Waals surface area (Å²) in [6.07, 6.45) is 3.78. The number of carbonyl (C=O) groups excluding carboxylic acids is 1. The number of nitrogens with one attached hydrogen (secondary N) is 1. The van der Waals surface area contributed by atoms with E-state index in [0.29, 0.717) is 11.7 Å². The number of benzene rings is 1. The van der Waals surface area contributed by atoms with Gasteiger partial charge in [-0.1, -0.05) is 39.0 Å². The zero-order valence-corrected chi connectivity index (χ0v) is 17.9. The van der Waals surface area contributed by atoms with Crippen LogP contribution in [0.25, 0.3) is 0 Å². The fourth-order valence-corrected chi connectivity index (χ4v) is 4.41. The summed E-state index contributed by atoms with van der Waals surface area (Å²) in [4.78, 5) is 15.1. The number of piperidine rings is 1. The molecule has 5 heteroatoms. The summed E-state index contributed by atoms with van der Waals surface area (Å²) in [5.41, 5.74) is 7.07. The number of furan rings is 1. The Balaban J connectivity index is 1.66. The average Bonchev–Trinajstić information content (AvgIpc) is 3.02. The first kappa shape index (κ1) is 19.7. The van der Waals surface area contributed by atoms with Gasteiger partial charge in [-0.25, -0.2) is 0 Å². The molecule has 4 rings (SSSR count). The standard InChI is InChI=1S/C24H31N3O2/c1-16-10-12-27(13-11-16)23(28)22-17(2)21-19(14-24(3,4)15-20(21)29-22)26-25-18-8-6-5-7-9-18/h5-9,16,25H,10-15H2,1-4H3/b26-19-. The van der Waals surface area contributed by atoms with Crippen molar-refractivity contribution >= 4 is 17.3 Å². The van der Waals surface area contributed by atoms with Gasteiger partial charge in [0.15, 0.2) is 5.76 Å². The van der Waals surface area contributed by atoms with Crippen LogP contribution in [0.2, 0.25) is 0 Å². The van der Waals surface area contributed by atoms with Crippen LogP contribution in [-0.4, -0.2) is 29.6 Å². The molecule has 154 valence electrons. The zero-order valence-electron chi connectivity index (χ0n) is 17.9. The van der Waals surface area contributed by atoms with E-state index >= 15 is 0 Å². The predicted octanol–water partition coefficient (Wildman–Crippen LogP) is 5.25. The largest absolute Gasteiger partial charge is 0.455 e. The van der Waals surface area contributed by atoms with E-state index in [2.05, 4.69) is 26.2 Å². The number of likely N-dealkylation sites (tertiary alicyclic amines) is 1. The Labute approximate surface area is 173 Å². The van der Waals surface area contributed by atoms with Crippen molar-refractivity contribution in [2.75, 3.05) is 18.5 Å². The van der Waals surface area contributed by atoms with E-state index in [1.54, 1.807) is 0 Å². The van der Waals surface area contributed by atoms with Gasteiger partial charge in [0.1, 0.15) is 5.76 Å². The number of carbonyl (C=O) groups is 1. The summed E-state index contributed by atoms with van der Waals surface area (Å²) in [6.45, 7) is 10.3. The molecular formula is C24H31N3O2. The lowest BCUT2D eigenvalue weighted by atomic mass is 9.75. The van der Waals surface area contributed by atoms with E-state index in [9.17, 15) is 4.79 Å². The molecule has 2 heterocycles. The van der Waals surface area contributed by atoms with Gasteiger partial charge in [-0.05, 0) is 49.7 Å². The molecule has 0 spiro atoms. The van der Waals surface area contributed by atoms with E-state index in [1.165, 1.54) is 0 Å². The molecule has 5 nitrogen and oxygen atoms in total. The molecule has 29 heavy (non-hydrogen) atoms.